The van der Waals surface area contributed by atoms with Crippen molar-refractivity contribution in [3.63, 3.8) is 0 Å². The highest BCUT2D eigenvalue weighted by Gasteiger charge is 2.29. The smallest absolute Gasteiger partial charge is 0.275 e. The first-order valence-electron chi connectivity index (χ1n) is 11.0. The molecule has 1 aliphatic heterocycles. The molecule has 33 heavy (non-hydrogen) atoms. The Bertz CT molecular complexity index is 1250. The van der Waals surface area contributed by atoms with Gasteiger partial charge in [-0.25, -0.2) is 4.68 Å². The van der Waals surface area contributed by atoms with Crippen molar-refractivity contribution in [3.05, 3.63) is 70.1 Å². The zero-order chi connectivity index (χ0) is 23.5. The number of ether oxygens (including phenoxy) is 1. The molecule has 4 rings (SSSR count). The molecule has 170 valence electrons. The number of rotatable bonds is 5. The first-order valence-corrected chi connectivity index (χ1v) is 11.0. The molecular weight excluding hydrogens is 418 g/mol. The van der Waals surface area contributed by atoms with Crippen molar-refractivity contribution in [1.29, 1.82) is 5.26 Å². The molecule has 0 radical (unpaired) electrons. The third-order valence-electron chi connectivity index (χ3n) is 6.04. The lowest BCUT2D eigenvalue weighted by Crippen LogP contribution is -2.50. The van der Waals surface area contributed by atoms with E-state index in [1.54, 1.807) is 30.2 Å². The molecule has 0 saturated carbocycles. The Morgan fingerprint density at radius 2 is 1.67 bits per heavy atom. The molecule has 1 atom stereocenters. The van der Waals surface area contributed by atoms with Crippen LogP contribution in [0.15, 0.2) is 53.3 Å². The molecule has 8 nitrogen and oxygen atoms in total. The molecule has 3 aromatic rings. The number of amides is 1. The van der Waals surface area contributed by atoms with Crippen LogP contribution >= 0.6 is 0 Å². The maximum Gasteiger partial charge on any atom is 0.275 e. The Kier molecular flexibility index (Phi) is 6.43. The second-order valence-corrected chi connectivity index (χ2v) is 8.37. The summed E-state index contributed by atoms with van der Waals surface area (Å²) < 4.78 is 6.58. The van der Waals surface area contributed by atoms with Crippen LogP contribution in [0, 0.1) is 11.3 Å². The van der Waals surface area contributed by atoms with E-state index in [1.165, 1.54) is 4.68 Å². The third-order valence-corrected chi connectivity index (χ3v) is 6.04. The van der Waals surface area contributed by atoms with Crippen LogP contribution in [0.3, 0.4) is 0 Å². The van der Waals surface area contributed by atoms with Crippen LogP contribution in [0.25, 0.3) is 10.8 Å². The van der Waals surface area contributed by atoms with E-state index in [0.717, 1.165) is 11.3 Å². The number of aromatic nitrogens is 2. The predicted octanol–water partition coefficient (Wildman–Crippen LogP) is 3.01. The second-order valence-electron chi connectivity index (χ2n) is 8.37. The lowest BCUT2D eigenvalue weighted by atomic mass is 10.0. The number of hydrogen-bond acceptors (Lipinski definition) is 6. The first-order chi connectivity index (χ1) is 15.9. The quantitative estimate of drug-likeness (QED) is 0.600. The zero-order valence-corrected chi connectivity index (χ0v) is 19.1. The fourth-order valence-corrected chi connectivity index (χ4v) is 4.20. The number of piperazine rings is 1. The van der Waals surface area contributed by atoms with Gasteiger partial charge in [0.1, 0.15) is 11.8 Å². The standard InChI is InChI=1S/C25H27N5O3/c1-17(2)30-24(31)21-7-5-4-6-20(21)23(27-30)25(32)29-14-12-28(13-15-29)22(16-26)18-8-10-19(33-3)11-9-18/h4-11,17,22H,12-15H2,1-3H3. The number of carbonyl (C=O) groups is 1. The monoisotopic (exact) mass is 445 g/mol. The number of nitriles is 1. The second kappa shape index (κ2) is 9.43. The van der Waals surface area contributed by atoms with E-state index in [1.807, 2.05) is 44.2 Å². The summed E-state index contributed by atoms with van der Waals surface area (Å²) >= 11 is 0. The van der Waals surface area contributed by atoms with E-state index in [0.29, 0.717) is 42.6 Å². The zero-order valence-electron chi connectivity index (χ0n) is 19.1. The van der Waals surface area contributed by atoms with Crippen molar-refractivity contribution < 1.29 is 9.53 Å². The molecule has 2 aromatic carbocycles. The molecule has 8 heteroatoms. The number of methoxy groups -OCH3 is 1. The largest absolute Gasteiger partial charge is 0.497 e. The van der Waals surface area contributed by atoms with Crippen LogP contribution in [-0.2, 0) is 0 Å². The highest BCUT2D eigenvalue weighted by Crippen LogP contribution is 2.25. The van der Waals surface area contributed by atoms with Crippen LogP contribution in [0.2, 0.25) is 0 Å². The molecule has 0 spiro atoms. The van der Waals surface area contributed by atoms with Crippen LogP contribution in [0.5, 0.6) is 5.75 Å². The van der Waals surface area contributed by atoms with E-state index >= 15 is 0 Å². The van der Waals surface area contributed by atoms with Crippen LogP contribution < -0.4 is 10.3 Å². The van der Waals surface area contributed by atoms with Crippen molar-refractivity contribution >= 4 is 16.7 Å². The van der Waals surface area contributed by atoms with Gasteiger partial charge in [0.25, 0.3) is 11.5 Å². The lowest BCUT2D eigenvalue weighted by molar-refractivity contribution is 0.0600. The molecule has 0 aliphatic carbocycles. The minimum absolute atomic E-state index is 0.161. The molecule has 1 unspecified atom stereocenters. The summed E-state index contributed by atoms with van der Waals surface area (Å²) in [7, 11) is 1.61. The van der Waals surface area contributed by atoms with Crippen LogP contribution in [-0.4, -0.2) is 58.8 Å². The van der Waals surface area contributed by atoms with E-state index in [-0.39, 0.29) is 17.5 Å². The summed E-state index contributed by atoms with van der Waals surface area (Å²) in [5.74, 6) is 0.548. The summed E-state index contributed by atoms with van der Waals surface area (Å²) in [6.45, 7) is 5.83. The Morgan fingerprint density at radius 1 is 1.03 bits per heavy atom. The summed E-state index contributed by atoms with van der Waals surface area (Å²) in [6, 6.07) is 16.4. The topological polar surface area (TPSA) is 91.5 Å². The molecule has 0 N–H and O–H groups in total. The number of fused-ring (bicyclic) bond motifs is 1. The van der Waals surface area contributed by atoms with Gasteiger partial charge in [-0.15, -0.1) is 0 Å². The molecular formula is C25H27N5O3. The van der Waals surface area contributed by atoms with E-state index < -0.39 is 6.04 Å². The maximum atomic E-state index is 13.4. The minimum atomic E-state index is -0.394. The van der Waals surface area contributed by atoms with E-state index in [9.17, 15) is 14.9 Å². The summed E-state index contributed by atoms with van der Waals surface area (Å²) in [5.41, 5.74) is 0.993. The Hall–Kier alpha value is -3.70. The van der Waals surface area contributed by atoms with E-state index in [4.69, 9.17) is 4.74 Å². The average Bonchev–Trinajstić information content (AvgIpc) is 2.85. The molecule has 1 amide bonds. The van der Waals surface area contributed by atoms with E-state index in [2.05, 4.69) is 16.1 Å². The van der Waals surface area contributed by atoms with Crippen LogP contribution in [0.4, 0.5) is 0 Å². The van der Waals surface area contributed by atoms with Gasteiger partial charge in [-0.2, -0.15) is 10.4 Å². The Balaban J connectivity index is 1.55. The lowest BCUT2D eigenvalue weighted by Gasteiger charge is -2.37. The Morgan fingerprint density at radius 3 is 2.24 bits per heavy atom. The van der Waals surface area contributed by atoms with Gasteiger partial charge in [-0.1, -0.05) is 30.3 Å². The van der Waals surface area contributed by atoms with Crippen molar-refractivity contribution in [3.8, 4) is 11.8 Å². The van der Waals surface area contributed by atoms with Crippen molar-refractivity contribution in [2.75, 3.05) is 33.3 Å². The fraction of sp³-hybridized carbons (Fsp3) is 0.360. The fourth-order valence-electron chi connectivity index (χ4n) is 4.20. The number of carbonyl (C=O) groups excluding carboxylic acids is 1. The number of benzene rings is 2. The van der Waals surface area contributed by atoms with Crippen molar-refractivity contribution in [2.24, 2.45) is 0 Å². The first kappa shape index (κ1) is 22.5. The van der Waals surface area contributed by atoms with Crippen LogP contribution in [0.1, 0.15) is 42.0 Å². The highest BCUT2D eigenvalue weighted by molar-refractivity contribution is 6.04. The van der Waals surface area contributed by atoms with Gasteiger partial charge in [0.05, 0.1) is 24.6 Å². The molecule has 1 aromatic heterocycles. The van der Waals surface area contributed by atoms with Crippen molar-refractivity contribution in [2.45, 2.75) is 25.9 Å². The van der Waals surface area contributed by atoms with Gasteiger partial charge in [-0.3, -0.25) is 14.5 Å². The van der Waals surface area contributed by atoms with Gasteiger partial charge < -0.3 is 9.64 Å². The molecule has 0 bridgehead atoms. The maximum absolute atomic E-state index is 13.4. The summed E-state index contributed by atoms with van der Waals surface area (Å²) in [5, 5.41) is 15.3. The van der Waals surface area contributed by atoms with Gasteiger partial charge in [0.15, 0.2) is 5.69 Å². The third kappa shape index (κ3) is 4.32. The van der Waals surface area contributed by atoms with Gasteiger partial charge >= 0.3 is 0 Å². The molecule has 1 fully saturated rings. The molecule has 2 heterocycles. The van der Waals surface area contributed by atoms with Gasteiger partial charge in [0, 0.05) is 31.6 Å². The normalized spacial score (nSPS) is 15.4. The summed E-state index contributed by atoms with van der Waals surface area (Å²) in [6.07, 6.45) is 0. The molecule has 1 saturated heterocycles. The minimum Gasteiger partial charge on any atom is -0.497 e. The average molecular weight is 446 g/mol. The number of hydrogen-bond donors (Lipinski definition) is 0. The Labute approximate surface area is 192 Å². The summed E-state index contributed by atoms with van der Waals surface area (Å²) in [4.78, 5) is 30.0. The van der Waals surface area contributed by atoms with Gasteiger partial charge in [0.2, 0.25) is 0 Å². The SMILES string of the molecule is COc1ccc(C(C#N)N2CCN(C(=O)c3nn(C(C)C)c(=O)c4ccccc34)CC2)cc1. The highest BCUT2D eigenvalue weighted by atomic mass is 16.5. The number of nitrogens with zero attached hydrogens (tertiary/aromatic N) is 5. The predicted molar refractivity (Wildman–Crippen MR) is 125 cm³/mol. The van der Waals surface area contributed by atoms with Gasteiger partial charge in [-0.05, 0) is 37.6 Å². The van der Waals surface area contributed by atoms with Crippen molar-refractivity contribution in [1.82, 2.24) is 19.6 Å². The molecule has 1 aliphatic rings.